The molecule has 2 N–H and O–H groups in total. The van der Waals surface area contributed by atoms with Gasteiger partial charge in [0.2, 0.25) is 0 Å². The molecule has 1 fully saturated rings. The minimum absolute atomic E-state index is 0.0490. The number of nitrogens with zero attached hydrogens (tertiary/aromatic N) is 1. The van der Waals surface area contributed by atoms with E-state index in [1.54, 1.807) is 19.2 Å². The summed E-state index contributed by atoms with van der Waals surface area (Å²) >= 11 is 3.21. The van der Waals surface area contributed by atoms with Gasteiger partial charge in [0.25, 0.3) is 6.43 Å². The third kappa shape index (κ3) is 3.30. The summed E-state index contributed by atoms with van der Waals surface area (Å²) in [5, 5.41) is 12.7. The van der Waals surface area contributed by atoms with Crippen LogP contribution in [0.2, 0.25) is 0 Å². The number of anilines is 1. The van der Waals surface area contributed by atoms with Crippen molar-refractivity contribution in [1.82, 2.24) is 4.98 Å². The Morgan fingerprint density at radius 3 is 2.79 bits per heavy atom. The van der Waals surface area contributed by atoms with Gasteiger partial charge < -0.3 is 10.4 Å². The lowest BCUT2D eigenvalue weighted by molar-refractivity contribution is -0.0235. The van der Waals surface area contributed by atoms with E-state index < -0.39 is 12.0 Å². The predicted molar refractivity (Wildman–Crippen MR) is 74.2 cm³/mol. The zero-order valence-corrected chi connectivity index (χ0v) is 12.0. The van der Waals surface area contributed by atoms with Crippen LogP contribution in [0.4, 0.5) is 14.6 Å². The minimum Gasteiger partial charge on any atom is -0.390 e. The highest BCUT2D eigenvalue weighted by atomic mass is 79.9. The fourth-order valence-corrected chi connectivity index (χ4v) is 2.55. The van der Waals surface area contributed by atoms with E-state index >= 15 is 0 Å². The van der Waals surface area contributed by atoms with Crippen molar-refractivity contribution in [1.29, 1.82) is 0 Å². The van der Waals surface area contributed by atoms with Gasteiger partial charge in [-0.3, -0.25) is 0 Å². The Kier molecular flexibility index (Phi) is 3.92. The number of rotatable bonds is 4. The van der Waals surface area contributed by atoms with Crippen molar-refractivity contribution in [2.24, 2.45) is 0 Å². The van der Waals surface area contributed by atoms with Crippen LogP contribution in [0.15, 0.2) is 23.3 Å². The summed E-state index contributed by atoms with van der Waals surface area (Å²) in [4.78, 5) is 4.12. The highest BCUT2D eigenvalue weighted by Gasteiger charge is 2.38. The molecule has 0 aromatic carbocycles. The summed E-state index contributed by atoms with van der Waals surface area (Å²) in [6, 6.07) is 1.62. The van der Waals surface area contributed by atoms with Crippen molar-refractivity contribution >= 4 is 27.3 Å². The van der Waals surface area contributed by atoms with E-state index in [4.69, 9.17) is 0 Å². The van der Waals surface area contributed by atoms with Crippen molar-refractivity contribution in [3.05, 3.63) is 28.9 Å². The van der Waals surface area contributed by atoms with Crippen LogP contribution in [-0.4, -0.2) is 28.2 Å². The number of aliphatic hydroxyl groups is 1. The molecule has 0 radical (unpaired) electrons. The Morgan fingerprint density at radius 2 is 2.26 bits per heavy atom. The van der Waals surface area contributed by atoms with Gasteiger partial charge in [-0.15, -0.1) is 0 Å². The topological polar surface area (TPSA) is 45.2 Å². The average molecular weight is 333 g/mol. The molecular formula is C13H15BrF2N2O. The molecular weight excluding hydrogens is 318 g/mol. The first-order chi connectivity index (χ1) is 8.78. The third-order valence-electron chi connectivity index (χ3n) is 3.18. The molecule has 1 aromatic rings. The van der Waals surface area contributed by atoms with Crippen LogP contribution in [0.3, 0.4) is 0 Å². The standard InChI is InChI=1S/C13H15BrF2N2O/c1-7(11(15)16)10-3-8(14)6-17-12(10)18-9-4-13(2,19)5-9/h3,6,9,11,19H,1,4-5H2,2H3,(H,17,18)/t9-,13+. The first kappa shape index (κ1) is 14.4. The summed E-state index contributed by atoms with van der Waals surface area (Å²) in [5.41, 5.74) is -0.634. The smallest absolute Gasteiger partial charge is 0.263 e. The molecule has 1 saturated carbocycles. The van der Waals surface area contributed by atoms with E-state index in [1.807, 2.05) is 0 Å². The van der Waals surface area contributed by atoms with Gasteiger partial charge >= 0.3 is 0 Å². The second-order valence-corrected chi connectivity index (χ2v) is 6.04. The number of hydrogen-bond acceptors (Lipinski definition) is 3. The van der Waals surface area contributed by atoms with Gasteiger partial charge in [0, 0.05) is 27.8 Å². The molecule has 104 valence electrons. The van der Waals surface area contributed by atoms with Crippen molar-refractivity contribution in [2.45, 2.75) is 37.8 Å². The van der Waals surface area contributed by atoms with E-state index in [0.29, 0.717) is 28.7 Å². The molecule has 0 amide bonds. The second-order valence-electron chi connectivity index (χ2n) is 5.12. The van der Waals surface area contributed by atoms with Crippen LogP contribution < -0.4 is 5.32 Å². The first-order valence-electron chi connectivity index (χ1n) is 5.90. The number of hydrogen-bond donors (Lipinski definition) is 2. The number of alkyl halides is 2. The molecule has 0 atom stereocenters. The van der Waals surface area contributed by atoms with Gasteiger partial charge in [-0.2, -0.15) is 0 Å². The predicted octanol–water partition coefficient (Wildman–Crippen LogP) is 3.45. The van der Waals surface area contributed by atoms with E-state index in [2.05, 4.69) is 32.8 Å². The molecule has 0 saturated heterocycles. The van der Waals surface area contributed by atoms with Crippen molar-refractivity contribution in [2.75, 3.05) is 5.32 Å². The van der Waals surface area contributed by atoms with Crippen molar-refractivity contribution < 1.29 is 13.9 Å². The number of aromatic nitrogens is 1. The van der Waals surface area contributed by atoms with E-state index in [9.17, 15) is 13.9 Å². The maximum absolute atomic E-state index is 12.8. The number of pyridine rings is 1. The fraction of sp³-hybridized carbons (Fsp3) is 0.462. The molecule has 6 heteroatoms. The van der Waals surface area contributed by atoms with Crippen LogP contribution in [0.1, 0.15) is 25.3 Å². The first-order valence-corrected chi connectivity index (χ1v) is 6.69. The maximum Gasteiger partial charge on any atom is 0.263 e. The summed E-state index contributed by atoms with van der Waals surface area (Å²) < 4.78 is 26.2. The molecule has 1 aromatic heterocycles. The van der Waals surface area contributed by atoms with Gasteiger partial charge in [0.05, 0.1) is 5.60 Å². The van der Waals surface area contributed by atoms with Crippen LogP contribution in [-0.2, 0) is 0 Å². The van der Waals surface area contributed by atoms with Crippen molar-refractivity contribution in [3.8, 4) is 0 Å². The highest BCUT2D eigenvalue weighted by molar-refractivity contribution is 9.10. The largest absolute Gasteiger partial charge is 0.390 e. The van der Waals surface area contributed by atoms with Crippen LogP contribution >= 0.6 is 15.9 Å². The van der Waals surface area contributed by atoms with E-state index in [1.165, 1.54) is 0 Å². The minimum atomic E-state index is -2.62. The van der Waals surface area contributed by atoms with E-state index in [-0.39, 0.29) is 11.6 Å². The van der Waals surface area contributed by atoms with Gasteiger partial charge in [-0.1, -0.05) is 6.58 Å². The maximum atomic E-state index is 12.8. The lowest BCUT2D eigenvalue weighted by Gasteiger charge is -2.41. The summed E-state index contributed by atoms with van der Waals surface area (Å²) in [6.07, 6.45) is 0.0686. The Balaban J connectivity index is 2.18. The average Bonchev–Trinajstić information content (AvgIpc) is 2.27. The van der Waals surface area contributed by atoms with Gasteiger partial charge in [-0.05, 0) is 41.8 Å². The summed E-state index contributed by atoms with van der Waals surface area (Å²) in [5.74, 6) is 0.383. The summed E-state index contributed by atoms with van der Waals surface area (Å²) in [6.45, 7) is 5.15. The molecule has 0 aliphatic heterocycles. The molecule has 0 unspecified atom stereocenters. The van der Waals surface area contributed by atoms with Crippen molar-refractivity contribution in [3.63, 3.8) is 0 Å². The Labute approximate surface area is 118 Å². The van der Waals surface area contributed by atoms with Gasteiger partial charge in [0.15, 0.2) is 0 Å². The quantitative estimate of drug-likeness (QED) is 0.887. The second kappa shape index (κ2) is 5.17. The number of halogens is 3. The molecule has 1 heterocycles. The number of nitrogens with one attached hydrogen (secondary N) is 1. The molecule has 19 heavy (non-hydrogen) atoms. The normalized spacial score (nSPS) is 26.1. The monoisotopic (exact) mass is 332 g/mol. The van der Waals surface area contributed by atoms with Crippen LogP contribution in [0.5, 0.6) is 0 Å². The molecule has 1 aliphatic rings. The molecule has 0 spiro atoms. The lowest BCUT2D eigenvalue weighted by Crippen LogP contribution is -2.48. The van der Waals surface area contributed by atoms with Crippen LogP contribution in [0, 0.1) is 0 Å². The molecule has 0 bridgehead atoms. The molecule has 1 aliphatic carbocycles. The SMILES string of the molecule is C=C(c1cc(Br)cnc1N[C@H]1C[C@@](C)(O)C1)C(F)F. The molecule has 3 nitrogen and oxygen atoms in total. The Hall–Kier alpha value is -1.01. The third-order valence-corrected chi connectivity index (χ3v) is 3.61. The molecule has 2 rings (SSSR count). The van der Waals surface area contributed by atoms with E-state index in [0.717, 1.165) is 0 Å². The van der Waals surface area contributed by atoms with Gasteiger partial charge in [-0.25, -0.2) is 13.8 Å². The zero-order valence-electron chi connectivity index (χ0n) is 10.5. The Morgan fingerprint density at radius 1 is 1.63 bits per heavy atom. The fourth-order valence-electron chi connectivity index (χ4n) is 2.21. The summed E-state index contributed by atoms with van der Waals surface area (Å²) in [7, 11) is 0. The zero-order chi connectivity index (χ0) is 14.2. The van der Waals surface area contributed by atoms with Crippen LogP contribution in [0.25, 0.3) is 5.57 Å². The lowest BCUT2D eigenvalue weighted by atomic mass is 9.77. The van der Waals surface area contributed by atoms with Gasteiger partial charge in [0.1, 0.15) is 5.82 Å². The Bertz CT molecular complexity index is 497. The highest BCUT2D eigenvalue weighted by Crippen LogP contribution is 2.35. The number of allylic oxidation sites excluding steroid dienone is 1.